The lowest BCUT2D eigenvalue weighted by molar-refractivity contribution is -0.116. The smallest absolute Gasteiger partial charge is 0.277 e. The van der Waals surface area contributed by atoms with Gasteiger partial charge in [-0.1, -0.05) is 54.1 Å². The minimum Gasteiger partial charge on any atom is -0.343 e. The van der Waals surface area contributed by atoms with Crippen molar-refractivity contribution in [2.75, 3.05) is 5.32 Å². The van der Waals surface area contributed by atoms with Crippen molar-refractivity contribution in [2.24, 2.45) is 0 Å². The van der Waals surface area contributed by atoms with E-state index in [1.807, 2.05) is 66.0 Å². The van der Waals surface area contributed by atoms with Gasteiger partial charge in [0, 0.05) is 39.4 Å². The number of nitrogens with zero attached hydrogens (tertiary/aromatic N) is 1. The van der Waals surface area contributed by atoms with Crippen LogP contribution in [0.1, 0.15) is 40.7 Å². The molecule has 1 aliphatic heterocycles. The number of H-pyrrole nitrogens is 1. The molecule has 2 N–H and O–H groups in total. The fourth-order valence-electron chi connectivity index (χ4n) is 5.00. The first kappa shape index (κ1) is 20.3. The highest BCUT2D eigenvalue weighted by Gasteiger charge is 2.41. The van der Waals surface area contributed by atoms with Gasteiger partial charge in [-0.05, 0) is 41.6 Å². The Kier molecular flexibility index (Phi) is 4.85. The molecule has 0 bridgehead atoms. The summed E-state index contributed by atoms with van der Waals surface area (Å²) in [5, 5.41) is 9.24. The summed E-state index contributed by atoms with van der Waals surface area (Å²) in [5.41, 5.74) is 3.36. The van der Waals surface area contributed by atoms with Gasteiger partial charge < -0.3 is 5.32 Å². The zero-order chi connectivity index (χ0) is 22.5. The van der Waals surface area contributed by atoms with Gasteiger partial charge in [0.25, 0.3) is 5.56 Å². The van der Waals surface area contributed by atoms with Crippen LogP contribution in [0.2, 0.25) is 5.02 Å². The van der Waals surface area contributed by atoms with Gasteiger partial charge in [-0.2, -0.15) is 0 Å². The van der Waals surface area contributed by atoms with Crippen LogP contribution in [0.4, 0.5) is 5.82 Å². The minimum atomic E-state index is -0.518. The summed E-state index contributed by atoms with van der Waals surface area (Å²) in [6, 6.07) is 21.0. The number of carbonyl (C=O) groups excluding carboxylic acids is 1. The Morgan fingerprint density at radius 3 is 2.48 bits per heavy atom. The van der Waals surface area contributed by atoms with Gasteiger partial charge in [-0.25, -0.2) is 4.68 Å². The molecule has 0 unspecified atom stereocenters. The molecule has 0 amide bonds. The summed E-state index contributed by atoms with van der Waals surface area (Å²) in [6.07, 6.45) is 1.13. The highest BCUT2D eigenvalue weighted by Crippen LogP contribution is 2.48. The van der Waals surface area contributed by atoms with Crippen LogP contribution in [-0.2, 0) is 4.79 Å². The molecular formula is C26H20ClN3O2S. The van der Waals surface area contributed by atoms with Crippen molar-refractivity contribution in [3.8, 4) is 5.69 Å². The molecule has 3 heterocycles. The van der Waals surface area contributed by atoms with Crippen LogP contribution in [-0.4, -0.2) is 15.6 Å². The van der Waals surface area contributed by atoms with E-state index in [2.05, 4.69) is 16.5 Å². The van der Waals surface area contributed by atoms with Crippen LogP contribution in [0.25, 0.3) is 5.69 Å². The second kappa shape index (κ2) is 7.90. The number of fused-ring (bicyclic) bond motifs is 1. The van der Waals surface area contributed by atoms with E-state index in [0.29, 0.717) is 34.8 Å². The number of para-hydroxylation sites is 1. The number of benzene rings is 2. The van der Waals surface area contributed by atoms with E-state index in [9.17, 15) is 9.59 Å². The van der Waals surface area contributed by atoms with Crippen molar-refractivity contribution >= 4 is 34.5 Å². The van der Waals surface area contributed by atoms with Gasteiger partial charge in [-0.15, -0.1) is 11.3 Å². The van der Waals surface area contributed by atoms with Crippen molar-refractivity contribution in [1.82, 2.24) is 9.78 Å². The van der Waals surface area contributed by atoms with Gasteiger partial charge in [0.15, 0.2) is 5.78 Å². The number of aromatic nitrogens is 2. The van der Waals surface area contributed by atoms with Crippen LogP contribution < -0.4 is 10.9 Å². The number of rotatable bonds is 3. The Labute approximate surface area is 199 Å². The Hall–Kier alpha value is -3.35. The SMILES string of the molecule is O=C1C[C@@H](c2cccs2)CC2=C1[C@H](c1ccccc1Cl)c1c([nH]n(-c3ccccc3)c1=O)N2. The average molecular weight is 474 g/mol. The molecule has 7 heteroatoms. The van der Waals surface area contributed by atoms with Gasteiger partial charge in [0.1, 0.15) is 5.82 Å². The molecule has 164 valence electrons. The molecule has 0 saturated heterocycles. The molecule has 2 aromatic heterocycles. The normalized spacial score (nSPS) is 19.7. The van der Waals surface area contributed by atoms with Gasteiger partial charge in [0.05, 0.1) is 11.3 Å². The fourth-order valence-corrected chi connectivity index (χ4v) is 6.07. The summed E-state index contributed by atoms with van der Waals surface area (Å²) in [5.74, 6) is 0.285. The molecule has 0 fully saturated rings. The van der Waals surface area contributed by atoms with E-state index >= 15 is 0 Å². The predicted molar refractivity (Wildman–Crippen MR) is 132 cm³/mol. The lowest BCUT2D eigenvalue weighted by atomic mass is 9.74. The number of allylic oxidation sites excluding steroid dienone is 2. The number of hydrogen-bond acceptors (Lipinski definition) is 4. The summed E-state index contributed by atoms with van der Waals surface area (Å²) in [4.78, 5) is 28.4. The molecule has 0 saturated carbocycles. The van der Waals surface area contributed by atoms with E-state index in [1.165, 1.54) is 9.56 Å². The molecule has 0 spiro atoms. The molecule has 5 nitrogen and oxygen atoms in total. The van der Waals surface area contributed by atoms with Crippen LogP contribution >= 0.6 is 22.9 Å². The Morgan fingerprint density at radius 1 is 0.939 bits per heavy atom. The third kappa shape index (κ3) is 3.29. The maximum absolute atomic E-state index is 13.7. The standard InChI is InChI=1S/C26H20ClN3O2S/c27-18-10-5-4-9-17(18)22-23-19(13-15(14-20(23)31)21-11-6-12-33-21)28-25-24(22)26(32)30(29-25)16-7-2-1-3-8-16/h1-12,15,22,28-29H,13-14H2/t15-,22-/m0/s1. The third-order valence-electron chi connectivity index (χ3n) is 6.46. The van der Waals surface area contributed by atoms with E-state index < -0.39 is 5.92 Å². The highest BCUT2D eigenvalue weighted by molar-refractivity contribution is 7.10. The first-order valence-electron chi connectivity index (χ1n) is 10.8. The molecule has 4 aromatic rings. The zero-order valence-electron chi connectivity index (χ0n) is 17.5. The van der Waals surface area contributed by atoms with Crippen molar-refractivity contribution in [3.63, 3.8) is 0 Å². The summed E-state index contributed by atoms with van der Waals surface area (Å²) in [6.45, 7) is 0. The highest BCUT2D eigenvalue weighted by atomic mass is 35.5. The van der Waals surface area contributed by atoms with E-state index in [-0.39, 0.29) is 17.3 Å². The van der Waals surface area contributed by atoms with E-state index in [1.54, 1.807) is 11.3 Å². The molecule has 2 aliphatic rings. The Balaban J connectivity index is 1.55. The number of aromatic amines is 1. The number of nitrogens with one attached hydrogen (secondary N) is 2. The number of thiophene rings is 1. The van der Waals surface area contributed by atoms with Crippen molar-refractivity contribution in [2.45, 2.75) is 24.7 Å². The maximum atomic E-state index is 13.7. The molecule has 2 aromatic carbocycles. The summed E-state index contributed by atoms with van der Waals surface area (Å²) in [7, 11) is 0. The minimum absolute atomic E-state index is 0.0598. The first-order valence-corrected chi connectivity index (χ1v) is 12.1. The second-order valence-electron chi connectivity index (χ2n) is 8.39. The zero-order valence-corrected chi connectivity index (χ0v) is 19.1. The lowest BCUT2D eigenvalue weighted by Gasteiger charge is -2.34. The predicted octanol–water partition coefficient (Wildman–Crippen LogP) is 5.84. The topological polar surface area (TPSA) is 66.9 Å². The van der Waals surface area contributed by atoms with Crippen LogP contribution in [0, 0.1) is 0 Å². The number of ketones is 1. The largest absolute Gasteiger partial charge is 0.343 e. The maximum Gasteiger partial charge on any atom is 0.277 e. The fraction of sp³-hybridized carbons (Fsp3) is 0.154. The lowest BCUT2D eigenvalue weighted by Crippen LogP contribution is -2.32. The van der Waals surface area contributed by atoms with Gasteiger partial charge >= 0.3 is 0 Å². The number of carbonyl (C=O) groups is 1. The molecule has 33 heavy (non-hydrogen) atoms. The average Bonchev–Trinajstić information content (AvgIpc) is 3.47. The van der Waals surface area contributed by atoms with Crippen molar-refractivity contribution in [3.05, 3.63) is 115 Å². The third-order valence-corrected chi connectivity index (χ3v) is 7.84. The molecular weight excluding hydrogens is 454 g/mol. The summed E-state index contributed by atoms with van der Waals surface area (Å²) < 4.78 is 1.53. The van der Waals surface area contributed by atoms with E-state index in [4.69, 9.17) is 11.6 Å². The van der Waals surface area contributed by atoms with Crippen LogP contribution in [0.3, 0.4) is 0 Å². The Morgan fingerprint density at radius 2 is 1.73 bits per heavy atom. The van der Waals surface area contributed by atoms with Gasteiger partial charge in [0.2, 0.25) is 0 Å². The number of halogens is 1. The number of anilines is 1. The van der Waals surface area contributed by atoms with Crippen LogP contribution in [0.15, 0.2) is 88.2 Å². The second-order valence-corrected chi connectivity index (χ2v) is 9.78. The Bertz CT molecular complexity index is 1450. The quantitative estimate of drug-likeness (QED) is 0.393. The summed E-state index contributed by atoms with van der Waals surface area (Å²) >= 11 is 8.29. The number of hydrogen-bond donors (Lipinski definition) is 2. The van der Waals surface area contributed by atoms with Crippen LogP contribution in [0.5, 0.6) is 0 Å². The molecule has 6 rings (SSSR count). The monoisotopic (exact) mass is 473 g/mol. The molecule has 0 radical (unpaired) electrons. The molecule has 1 aliphatic carbocycles. The first-order chi connectivity index (χ1) is 16.1. The van der Waals surface area contributed by atoms with Crippen molar-refractivity contribution in [1.29, 1.82) is 0 Å². The number of Topliss-reactive ketones (excluding diaryl/α,β-unsaturated/α-hetero) is 1. The van der Waals surface area contributed by atoms with E-state index in [0.717, 1.165) is 16.9 Å². The molecule has 2 atom stereocenters. The van der Waals surface area contributed by atoms with Crippen molar-refractivity contribution < 1.29 is 4.79 Å². The van der Waals surface area contributed by atoms with Gasteiger partial charge in [-0.3, -0.25) is 14.7 Å².